The molecule has 3 rings (SSSR count). The van der Waals surface area contributed by atoms with Crippen LogP contribution in [0.2, 0.25) is 0 Å². The normalized spacial score (nSPS) is 15.3. The first kappa shape index (κ1) is 16.0. The molecule has 2 aromatic rings. The Morgan fingerprint density at radius 1 is 1.29 bits per heavy atom. The lowest BCUT2D eigenvalue weighted by Gasteiger charge is -2.14. The van der Waals surface area contributed by atoms with Crippen LogP contribution in [-0.2, 0) is 0 Å². The minimum absolute atomic E-state index is 0.0514. The zero-order valence-electron chi connectivity index (χ0n) is 12.1. The van der Waals surface area contributed by atoms with Gasteiger partial charge in [0.25, 0.3) is 11.6 Å². The molecule has 9 nitrogen and oxygen atoms in total. The average molecular weight is 340 g/mol. The minimum atomic E-state index is -4.49. The number of nitrogens with one attached hydrogen (secondary N) is 2. The largest absolute Gasteiger partial charge is 0.437 e. The molecule has 0 unspecified atom stereocenters. The fraction of sp³-hybridized carbons (Fsp3) is 0.417. The quantitative estimate of drug-likeness (QED) is 0.772. The minimum Gasteiger partial charge on any atom is -0.351 e. The molecule has 0 saturated heterocycles. The number of hydrogen-bond donors (Lipinski definition) is 2. The summed E-state index contributed by atoms with van der Waals surface area (Å²) in [6.07, 6.45) is -4.70. The lowest BCUT2D eigenvalue weighted by molar-refractivity contribution is -0.165. The summed E-state index contributed by atoms with van der Waals surface area (Å²) in [5.74, 6) is -0.278. The second-order valence-electron chi connectivity index (χ2n) is 5.02. The van der Waals surface area contributed by atoms with E-state index in [9.17, 15) is 18.0 Å². The molecular weight excluding hydrogens is 329 g/mol. The number of halogens is 3. The molecule has 2 aromatic heterocycles. The average Bonchev–Trinajstić information content (AvgIpc) is 3.16. The number of amides is 1. The fourth-order valence-corrected chi connectivity index (χ4v) is 2.00. The molecule has 1 aliphatic rings. The van der Waals surface area contributed by atoms with Crippen LogP contribution in [0.3, 0.4) is 0 Å². The topological polar surface area (TPSA) is 121 Å². The van der Waals surface area contributed by atoms with Gasteiger partial charge >= 0.3 is 6.18 Å². The summed E-state index contributed by atoms with van der Waals surface area (Å²) in [4.78, 5) is 16.1. The molecule has 0 spiro atoms. The molecule has 0 bridgehead atoms. The molecular formula is C12H11F3N8O. The Kier molecular flexibility index (Phi) is 3.95. The van der Waals surface area contributed by atoms with Crippen LogP contribution in [0.25, 0.3) is 11.5 Å². The molecule has 24 heavy (non-hydrogen) atoms. The van der Waals surface area contributed by atoms with Gasteiger partial charge in [0.2, 0.25) is 5.82 Å². The summed E-state index contributed by atoms with van der Waals surface area (Å²) in [5.41, 5.74) is -1.83. The highest BCUT2D eigenvalue weighted by molar-refractivity contribution is 5.92. The van der Waals surface area contributed by atoms with E-state index in [0.29, 0.717) is 5.69 Å². The van der Waals surface area contributed by atoms with Crippen molar-refractivity contribution in [1.82, 2.24) is 30.9 Å². The molecule has 1 amide bonds. The number of pyridine rings is 1. The highest BCUT2D eigenvalue weighted by Gasteiger charge is 2.63. The van der Waals surface area contributed by atoms with E-state index in [4.69, 9.17) is 0 Å². The van der Waals surface area contributed by atoms with Crippen LogP contribution in [0.1, 0.15) is 23.3 Å². The van der Waals surface area contributed by atoms with E-state index in [1.165, 1.54) is 6.07 Å². The SMILES string of the molecule is O=C(NCCCC1(C(F)(F)F)N=N1)c1cccc(-c2nn[nH]n2)n1. The molecule has 3 heterocycles. The van der Waals surface area contributed by atoms with Crippen LogP contribution in [0.15, 0.2) is 28.4 Å². The van der Waals surface area contributed by atoms with Gasteiger partial charge < -0.3 is 5.32 Å². The van der Waals surface area contributed by atoms with Crippen molar-refractivity contribution in [3.05, 3.63) is 23.9 Å². The highest BCUT2D eigenvalue weighted by atomic mass is 19.4. The summed E-state index contributed by atoms with van der Waals surface area (Å²) in [5, 5.41) is 21.8. The lowest BCUT2D eigenvalue weighted by Crippen LogP contribution is -2.34. The molecule has 0 saturated carbocycles. The Morgan fingerprint density at radius 3 is 2.71 bits per heavy atom. The van der Waals surface area contributed by atoms with Crippen molar-refractivity contribution in [2.24, 2.45) is 10.2 Å². The van der Waals surface area contributed by atoms with Gasteiger partial charge in [0, 0.05) is 13.0 Å². The summed E-state index contributed by atoms with van der Waals surface area (Å²) < 4.78 is 37.9. The van der Waals surface area contributed by atoms with Gasteiger partial charge in [-0.1, -0.05) is 6.07 Å². The third-order valence-electron chi connectivity index (χ3n) is 3.34. The molecule has 12 heteroatoms. The van der Waals surface area contributed by atoms with Crippen molar-refractivity contribution in [3.63, 3.8) is 0 Å². The molecule has 0 aromatic carbocycles. The summed E-state index contributed by atoms with van der Waals surface area (Å²) >= 11 is 0. The number of hydrogen-bond acceptors (Lipinski definition) is 7. The van der Waals surface area contributed by atoms with Crippen molar-refractivity contribution >= 4 is 5.91 Å². The number of alkyl halides is 3. The van der Waals surface area contributed by atoms with Crippen molar-refractivity contribution in [2.75, 3.05) is 6.54 Å². The van der Waals surface area contributed by atoms with Gasteiger partial charge in [-0.25, -0.2) is 4.98 Å². The third-order valence-corrected chi connectivity index (χ3v) is 3.34. The van der Waals surface area contributed by atoms with Gasteiger partial charge in [-0.05, 0) is 23.8 Å². The number of carbonyl (C=O) groups is 1. The van der Waals surface area contributed by atoms with Crippen molar-refractivity contribution in [3.8, 4) is 11.5 Å². The summed E-state index contributed by atoms with van der Waals surface area (Å²) in [7, 11) is 0. The van der Waals surface area contributed by atoms with Crippen molar-refractivity contribution < 1.29 is 18.0 Å². The van der Waals surface area contributed by atoms with Gasteiger partial charge in [0.05, 0.1) is 0 Å². The first-order valence-electron chi connectivity index (χ1n) is 6.91. The molecule has 0 aliphatic carbocycles. The van der Waals surface area contributed by atoms with Crippen LogP contribution >= 0.6 is 0 Å². The number of nitrogens with zero attached hydrogens (tertiary/aromatic N) is 6. The Bertz CT molecular complexity index is 752. The standard InChI is InChI=1S/C12H11F3N8O/c13-12(14,15)11(20-21-11)5-2-6-16-10(24)8-4-1-3-7(17-8)9-18-22-23-19-9/h1,3-4H,2,5-6H2,(H,16,24)(H,18,19,22,23). The van der Waals surface area contributed by atoms with E-state index >= 15 is 0 Å². The third kappa shape index (κ3) is 3.21. The zero-order chi connectivity index (χ0) is 17.2. The molecule has 0 radical (unpaired) electrons. The lowest BCUT2D eigenvalue weighted by atomic mass is 10.1. The van der Waals surface area contributed by atoms with Gasteiger partial charge in [-0.15, -0.1) is 20.4 Å². The van der Waals surface area contributed by atoms with Gasteiger partial charge in [-0.2, -0.15) is 18.4 Å². The molecule has 0 atom stereocenters. The van der Waals surface area contributed by atoms with Crippen LogP contribution < -0.4 is 5.32 Å². The van der Waals surface area contributed by atoms with E-state index in [1.54, 1.807) is 12.1 Å². The van der Waals surface area contributed by atoms with Gasteiger partial charge in [0.15, 0.2) is 0 Å². The Balaban J connectivity index is 1.52. The number of H-pyrrole nitrogens is 1. The van der Waals surface area contributed by atoms with E-state index in [0.717, 1.165) is 0 Å². The highest BCUT2D eigenvalue weighted by Crippen LogP contribution is 2.47. The second kappa shape index (κ2) is 5.94. The zero-order valence-corrected chi connectivity index (χ0v) is 12.1. The molecule has 0 fully saturated rings. The van der Waals surface area contributed by atoms with E-state index in [1.807, 2.05) is 0 Å². The van der Waals surface area contributed by atoms with Crippen LogP contribution in [0.4, 0.5) is 13.2 Å². The van der Waals surface area contributed by atoms with Gasteiger partial charge in [0.1, 0.15) is 11.4 Å². The summed E-state index contributed by atoms with van der Waals surface area (Å²) in [6, 6.07) is 4.67. The van der Waals surface area contributed by atoms with Gasteiger partial charge in [-0.3, -0.25) is 4.79 Å². The van der Waals surface area contributed by atoms with E-state index in [2.05, 4.69) is 41.2 Å². The fourth-order valence-electron chi connectivity index (χ4n) is 2.00. The second-order valence-corrected chi connectivity index (χ2v) is 5.02. The number of aromatic amines is 1. The summed E-state index contributed by atoms with van der Waals surface area (Å²) in [6.45, 7) is 0.0514. The van der Waals surface area contributed by atoms with Crippen LogP contribution in [0.5, 0.6) is 0 Å². The molecule has 2 N–H and O–H groups in total. The predicted octanol–water partition coefficient (Wildman–Crippen LogP) is 1.50. The maximum absolute atomic E-state index is 12.6. The number of rotatable bonds is 6. The number of carbonyl (C=O) groups excluding carboxylic acids is 1. The first-order valence-corrected chi connectivity index (χ1v) is 6.91. The predicted molar refractivity (Wildman–Crippen MR) is 72.6 cm³/mol. The number of aromatic nitrogens is 5. The maximum atomic E-state index is 12.6. The monoisotopic (exact) mass is 340 g/mol. The smallest absolute Gasteiger partial charge is 0.351 e. The Labute approximate surface area is 132 Å². The first-order chi connectivity index (χ1) is 11.4. The Hall–Kier alpha value is -2.92. The van der Waals surface area contributed by atoms with Crippen LogP contribution in [0, 0.1) is 0 Å². The molecule has 1 aliphatic heterocycles. The van der Waals surface area contributed by atoms with E-state index in [-0.39, 0.29) is 30.9 Å². The maximum Gasteiger partial charge on any atom is 0.437 e. The molecule has 126 valence electrons. The van der Waals surface area contributed by atoms with Crippen molar-refractivity contribution in [1.29, 1.82) is 0 Å². The number of tetrazole rings is 1. The Morgan fingerprint density at radius 2 is 2.08 bits per heavy atom. The van der Waals surface area contributed by atoms with E-state index < -0.39 is 17.7 Å². The van der Waals surface area contributed by atoms with Crippen LogP contribution in [-0.4, -0.2) is 49.9 Å². The van der Waals surface area contributed by atoms with Crippen molar-refractivity contribution in [2.45, 2.75) is 24.7 Å².